The molecule has 0 fully saturated rings. The fourth-order valence-electron chi connectivity index (χ4n) is 2.63. The summed E-state index contributed by atoms with van der Waals surface area (Å²) in [5, 5.41) is 6.16. The molecule has 25 heavy (non-hydrogen) atoms. The minimum atomic E-state index is -0.0137. The van der Waals surface area contributed by atoms with Gasteiger partial charge in [0.1, 0.15) is 12.4 Å². The van der Waals surface area contributed by atoms with Crippen molar-refractivity contribution in [2.75, 3.05) is 18.4 Å². The maximum Gasteiger partial charge on any atom is 0.238 e. The van der Waals surface area contributed by atoms with Crippen molar-refractivity contribution in [3.05, 3.63) is 59.2 Å². The molecule has 0 saturated heterocycles. The van der Waals surface area contributed by atoms with Crippen LogP contribution in [0, 0.1) is 13.8 Å². The highest BCUT2D eigenvalue weighted by Crippen LogP contribution is 2.26. The summed E-state index contributed by atoms with van der Waals surface area (Å²) < 4.78 is 5.88. The van der Waals surface area contributed by atoms with Gasteiger partial charge in [-0.3, -0.25) is 4.79 Å². The highest BCUT2D eigenvalue weighted by atomic mass is 16.5. The molecule has 4 heteroatoms. The van der Waals surface area contributed by atoms with Crippen LogP contribution in [0.1, 0.15) is 36.5 Å². The van der Waals surface area contributed by atoms with Crippen molar-refractivity contribution >= 4 is 11.6 Å². The van der Waals surface area contributed by atoms with E-state index in [9.17, 15) is 4.79 Å². The normalized spacial score (nSPS) is 10.5. The van der Waals surface area contributed by atoms with E-state index in [4.69, 9.17) is 4.74 Å². The molecule has 0 aliphatic heterocycles. The second kappa shape index (κ2) is 9.84. The zero-order chi connectivity index (χ0) is 18.1. The van der Waals surface area contributed by atoms with Gasteiger partial charge < -0.3 is 15.4 Å². The Morgan fingerprint density at radius 3 is 2.40 bits per heavy atom. The number of ether oxygens (including phenoxy) is 1. The Labute approximate surface area is 150 Å². The first-order valence-corrected chi connectivity index (χ1v) is 8.88. The number of hydrogen-bond donors (Lipinski definition) is 2. The molecule has 0 spiro atoms. The van der Waals surface area contributed by atoms with E-state index in [1.165, 1.54) is 0 Å². The van der Waals surface area contributed by atoms with Gasteiger partial charge in [-0.25, -0.2) is 0 Å². The van der Waals surface area contributed by atoms with Crippen molar-refractivity contribution in [1.29, 1.82) is 0 Å². The van der Waals surface area contributed by atoms with Crippen molar-refractivity contribution in [1.82, 2.24) is 5.32 Å². The summed E-state index contributed by atoms with van der Waals surface area (Å²) in [4.78, 5) is 12.1. The zero-order valence-corrected chi connectivity index (χ0v) is 15.4. The lowest BCUT2D eigenvalue weighted by Crippen LogP contribution is -2.29. The summed E-state index contributed by atoms with van der Waals surface area (Å²) in [6.45, 7) is 7.85. The molecular weight excluding hydrogens is 312 g/mol. The minimum Gasteiger partial charge on any atom is -0.489 e. The summed E-state index contributed by atoms with van der Waals surface area (Å²) in [5.41, 5.74) is 4.01. The Kier molecular flexibility index (Phi) is 7.48. The van der Waals surface area contributed by atoms with Crippen molar-refractivity contribution in [3.63, 3.8) is 0 Å². The Balaban J connectivity index is 1.93. The summed E-state index contributed by atoms with van der Waals surface area (Å²) >= 11 is 0. The highest BCUT2D eigenvalue weighted by Gasteiger charge is 2.09. The molecule has 0 unspecified atom stereocenters. The number of unbranched alkanes of at least 4 members (excludes halogenated alkanes) is 1. The van der Waals surface area contributed by atoms with Crippen LogP contribution in [0.2, 0.25) is 0 Å². The minimum absolute atomic E-state index is 0.0137. The lowest BCUT2D eigenvalue weighted by atomic mass is 10.1. The first-order chi connectivity index (χ1) is 12.1. The average molecular weight is 340 g/mol. The molecule has 0 heterocycles. The van der Waals surface area contributed by atoms with Gasteiger partial charge in [0.2, 0.25) is 5.91 Å². The maximum atomic E-state index is 12.1. The van der Waals surface area contributed by atoms with E-state index < -0.39 is 0 Å². The van der Waals surface area contributed by atoms with Crippen LogP contribution in [0.4, 0.5) is 5.69 Å². The topological polar surface area (TPSA) is 50.4 Å². The van der Waals surface area contributed by atoms with Gasteiger partial charge in [-0.2, -0.15) is 0 Å². The van der Waals surface area contributed by atoms with Crippen molar-refractivity contribution in [2.45, 2.75) is 40.2 Å². The van der Waals surface area contributed by atoms with Crippen LogP contribution >= 0.6 is 0 Å². The Bertz CT molecular complexity index is 661. The molecule has 0 aliphatic carbocycles. The third-order valence-electron chi connectivity index (χ3n) is 4.01. The lowest BCUT2D eigenvalue weighted by Gasteiger charge is -2.15. The molecule has 0 aliphatic rings. The molecule has 0 atom stereocenters. The van der Waals surface area contributed by atoms with Gasteiger partial charge in [0.25, 0.3) is 0 Å². The lowest BCUT2D eigenvalue weighted by molar-refractivity contribution is -0.115. The van der Waals surface area contributed by atoms with Gasteiger partial charge in [-0.15, -0.1) is 0 Å². The number of carbonyl (C=O) groups is 1. The summed E-state index contributed by atoms with van der Waals surface area (Å²) in [7, 11) is 0. The number of anilines is 1. The van der Waals surface area contributed by atoms with Crippen molar-refractivity contribution in [3.8, 4) is 5.75 Å². The second-order valence-corrected chi connectivity index (χ2v) is 6.28. The monoisotopic (exact) mass is 340 g/mol. The molecule has 2 rings (SSSR count). The van der Waals surface area contributed by atoms with Gasteiger partial charge in [0, 0.05) is 5.69 Å². The number of benzene rings is 2. The van der Waals surface area contributed by atoms with E-state index in [2.05, 4.69) is 17.6 Å². The predicted octanol–water partition coefficient (Wildman–Crippen LogP) is 4.21. The number of carbonyl (C=O) groups excluding carboxylic acids is 1. The fraction of sp³-hybridized carbons (Fsp3) is 0.381. The van der Waals surface area contributed by atoms with Gasteiger partial charge in [-0.1, -0.05) is 43.7 Å². The predicted molar refractivity (Wildman–Crippen MR) is 103 cm³/mol. The van der Waals surface area contributed by atoms with Gasteiger partial charge in [0.15, 0.2) is 0 Å². The quantitative estimate of drug-likeness (QED) is 0.672. The van der Waals surface area contributed by atoms with E-state index >= 15 is 0 Å². The molecule has 0 radical (unpaired) electrons. The molecule has 4 nitrogen and oxygen atoms in total. The number of hydrogen-bond acceptors (Lipinski definition) is 3. The molecule has 2 N–H and O–H groups in total. The van der Waals surface area contributed by atoms with E-state index in [0.29, 0.717) is 13.2 Å². The van der Waals surface area contributed by atoms with E-state index in [1.54, 1.807) is 0 Å². The van der Waals surface area contributed by atoms with Crippen LogP contribution in [0.5, 0.6) is 5.75 Å². The smallest absolute Gasteiger partial charge is 0.238 e. The van der Waals surface area contributed by atoms with E-state index in [1.807, 2.05) is 56.3 Å². The Morgan fingerprint density at radius 2 is 1.76 bits per heavy atom. The molecular formula is C21H28N2O2. The van der Waals surface area contributed by atoms with Crippen molar-refractivity contribution in [2.24, 2.45) is 0 Å². The largest absolute Gasteiger partial charge is 0.489 e. The van der Waals surface area contributed by atoms with Crippen LogP contribution in [-0.2, 0) is 11.4 Å². The van der Waals surface area contributed by atoms with Gasteiger partial charge in [-0.05, 0) is 55.6 Å². The average Bonchev–Trinajstić information content (AvgIpc) is 2.61. The van der Waals surface area contributed by atoms with E-state index in [0.717, 1.165) is 47.5 Å². The number of rotatable bonds is 9. The SMILES string of the molecule is CCCCNCC(=O)Nc1c(C)cc(OCc2ccccc2)cc1C. The number of aryl methyl sites for hydroxylation is 2. The molecule has 2 aromatic carbocycles. The van der Waals surface area contributed by atoms with Crippen LogP contribution in [0.15, 0.2) is 42.5 Å². The van der Waals surface area contributed by atoms with Crippen LogP contribution < -0.4 is 15.4 Å². The second-order valence-electron chi connectivity index (χ2n) is 6.28. The number of nitrogens with one attached hydrogen (secondary N) is 2. The first kappa shape index (κ1) is 19.0. The third kappa shape index (κ3) is 6.24. The Hall–Kier alpha value is -2.33. The van der Waals surface area contributed by atoms with Crippen LogP contribution in [0.25, 0.3) is 0 Å². The van der Waals surface area contributed by atoms with Crippen LogP contribution in [-0.4, -0.2) is 19.0 Å². The zero-order valence-electron chi connectivity index (χ0n) is 15.4. The molecule has 1 amide bonds. The van der Waals surface area contributed by atoms with Gasteiger partial charge >= 0.3 is 0 Å². The fourth-order valence-corrected chi connectivity index (χ4v) is 2.63. The molecule has 0 aromatic heterocycles. The number of amides is 1. The molecule has 134 valence electrons. The van der Waals surface area contributed by atoms with E-state index in [-0.39, 0.29) is 5.91 Å². The van der Waals surface area contributed by atoms with Gasteiger partial charge in [0.05, 0.1) is 6.54 Å². The first-order valence-electron chi connectivity index (χ1n) is 8.88. The Morgan fingerprint density at radius 1 is 1.08 bits per heavy atom. The molecule has 0 bridgehead atoms. The maximum absolute atomic E-state index is 12.1. The summed E-state index contributed by atoms with van der Waals surface area (Å²) in [6.07, 6.45) is 2.20. The molecule has 2 aromatic rings. The highest BCUT2D eigenvalue weighted by molar-refractivity contribution is 5.93. The summed E-state index contributed by atoms with van der Waals surface area (Å²) in [6, 6.07) is 14.0. The molecule has 0 saturated carbocycles. The third-order valence-corrected chi connectivity index (χ3v) is 4.01. The van der Waals surface area contributed by atoms with Crippen LogP contribution in [0.3, 0.4) is 0 Å². The van der Waals surface area contributed by atoms with Crippen molar-refractivity contribution < 1.29 is 9.53 Å². The standard InChI is InChI=1S/C21H28N2O2/c1-4-5-11-22-14-20(24)23-21-16(2)12-19(13-17(21)3)25-15-18-9-7-6-8-10-18/h6-10,12-13,22H,4-5,11,14-15H2,1-3H3,(H,23,24). The summed E-state index contributed by atoms with van der Waals surface area (Å²) in [5.74, 6) is 0.804.